The van der Waals surface area contributed by atoms with Crippen LogP contribution in [0.3, 0.4) is 0 Å². The van der Waals surface area contributed by atoms with E-state index in [0.29, 0.717) is 45.1 Å². The van der Waals surface area contributed by atoms with Gasteiger partial charge in [-0.1, -0.05) is 0 Å². The number of sulfonamides is 1. The average molecular weight is 493 g/mol. The fourth-order valence-electron chi connectivity index (χ4n) is 1.53. The summed E-state index contributed by atoms with van der Waals surface area (Å²) in [6.07, 6.45) is 1.26. The van der Waals surface area contributed by atoms with Gasteiger partial charge in [-0.25, -0.2) is 17.9 Å². The van der Waals surface area contributed by atoms with Crippen LogP contribution in [0.5, 0.6) is 0 Å². The molecule has 11 heteroatoms. The van der Waals surface area contributed by atoms with E-state index >= 15 is 0 Å². The van der Waals surface area contributed by atoms with Gasteiger partial charge in [-0.3, -0.25) is 4.99 Å². The molecule has 0 heterocycles. The van der Waals surface area contributed by atoms with Gasteiger partial charge in [0.2, 0.25) is 10.0 Å². The number of alkyl carbamates (subject to hydrolysis) is 1. The number of ether oxygens (including phenoxy) is 1. The molecule has 0 spiro atoms. The average Bonchev–Trinajstić information content (AvgIpc) is 2.39. The monoisotopic (exact) mass is 493 g/mol. The molecule has 0 aromatic heterocycles. The van der Waals surface area contributed by atoms with Crippen LogP contribution in [-0.2, 0) is 14.8 Å². The minimum absolute atomic E-state index is 0. The lowest BCUT2D eigenvalue weighted by Crippen LogP contribution is -2.42. The van der Waals surface area contributed by atoms with Crippen molar-refractivity contribution in [2.45, 2.75) is 39.7 Å². The largest absolute Gasteiger partial charge is 0.444 e. The number of aliphatic imine (C=N–C) groups is 1. The molecule has 9 nitrogen and oxygen atoms in total. The first-order valence-corrected chi connectivity index (χ1v) is 9.86. The van der Waals surface area contributed by atoms with Crippen LogP contribution in [0.15, 0.2) is 4.99 Å². The van der Waals surface area contributed by atoms with Gasteiger partial charge < -0.3 is 20.7 Å². The number of guanidine groups is 1. The smallest absolute Gasteiger partial charge is 0.407 e. The van der Waals surface area contributed by atoms with Crippen LogP contribution in [0.25, 0.3) is 0 Å². The van der Waals surface area contributed by atoms with Gasteiger partial charge in [0, 0.05) is 32.7 Å². The topological polar surface area (TPSA) is 121 Å². The molecule has 0 atom stereocenters. The summed E-state index contributed by atoms with van der Waals surface area (Å²) in [6.45, 7) is 9.79. The number of carbonyl (C=O) groups excluding carboxylic acids is 1. The predicted molar refractivity (Wildman–Crippen MR) is 111 cm³/mol. The van der Waals surface area contributed by atoms with E-state index in [-0.39, 0.29) is 24.0 Å². The molecule has 0 rings (SSSR count). The Morgan fingerprint density at radius 1 is 1.08 bits per heavy atom. The maximum Gasteiger partial charge on any atom is 0.407 e. The minimum Gasteiger partial charge on any atom is -0.444 e. The van der Waals surface area contributed by atoms with Crippen LogP contribution in [0.2, 0.25) is 0 Å². The van der Waals surface area contributed by atoms with Gasteiger partial charge in [-0.15, -0.1) is 24.0 Å². The molecular weight excluding hydrogens is 461 g/mol. The highest BCUT2D eigenvalue weighted by Gasteiger charge is 2.15. The molecule has 0 radical (unpaired) electrons. The molecule has 0 saturated carbocycles. The molecule has 0 unspecified atom stereocenters. The van der Waals surface area contributed by atoms with Crippen molar-refractivity contribution in [3.05, 3.63) is 0 Å². The Morgan fingerprint density at radius 2 is 1.68 bits per heavy atom. The van der Waals surface area contributed by atoms with Gasteiger partial charge in [0.25, 0.3) is 0 Å². The van der Waals surface area contributed by atoms with Gasteiger partial charge in [-0.2, -0.15) is 0 Å². The number of rotatable bonds is 9. The summed E-state index contributed by atoms with van der Waals surface area (Å²) in [5, 5.41) is 8.79. The van der Waals surface area contributed by atoms with Crippen molar-refractivity contribution in [3.8, 4) is 0 Å². The van der Waals surface area contributed by atoms with Crippen LogP contribution >= 0.6 is 24.0 Å². The lowest BCUT2D eigenvalue weighted by Gasteiger charge is -2.19. The molecule has 150 valence electrons. The quantitative estimate of drug-likeness (QED) is 0.162. The summed E-state index contributed by atoms with van der Waals surface area (Å²) in [4.78, 5) is 15.8. The highest BCUT2D eigenvalue weighted by molar-refractivity contribution is 14.0. The Bertz CT molecular complexity index is 506. The van der Waals surface area contributed by atoms with Crippen molar-refractivity contribution in [1.82, 2.24) is 20.7 Å². The first kappa shape index (κ1) is 26.4. The van der Waals surface area contributed by atoms with Crippen molar-refractivity contribution >= 4 is 46.1 Å². The fraction of sp³-hybridized carbons (Fsp3) is 0.857. The van der Waals surface area contributed by atoms with Crippen LogP contribution < -0.4 is 20.7 Å². The van der Waals surface area contributed by atoms with Crippen molar-refractivity contribution in [2.75, 3.05) is 39.0 Å². The third-order valence-electron chi connectivity index (χ3n) is 2.40. The second-order valence-corrected chi connectivity index (χ2v) is 7.97. The number of halogens is 1. The second-order valence-electron chi connectivity index (χ2n) is 6.14. The standard InChI is InChI=1S/C14H31N5O4S.HI/c1-6-15-12(16-8-7-9-19-24(5,21)22)17-10-11-18-13(20)23-14(2,3)4;/h19H,6-11H2,1-5H3,(H,18,20)(H2,15,16,17);1H. The van der Waals surface area contributed by atoms with Gasteiger partial charge in [0.1, 0.15) is 5.60 Å². The molecule has 25 heavy (non-hydrogen) atoms. The van der Waals surface area contributed by atoms with Gasteiger partial charge in [0.15, 0.2) is 5.96 Å². The van der Waals surface area contributed by atoms with Crippen LogP contribution in [0, 0.1) is 0 Å². The Hall–Kier alpha value is -0.820. The zero-order valence-electron chi connectivity index (χ0n) is 15.6. The molecule has 0 bridgehead atoms. The van der Waals surface area contributed by atoms with E-state index in [1.807, 2.05) is 6.92 Å². The molecule has 0 aromatic rings. The zero-order valence-corrected chi connectivity index (χ0v) is 18.8. The molecule has 0 fully saturated rings. The summed E-state index contributed by atoms with van der Waals surface area (Å²) in [7, 11) is -3.16. The van der Waals surface area contributed by atoms with Gasteiger partial charge in [-0.05, 0) is 34.1 Å². The van der Waals surface area contributed by atoms with Crippen LogP contribution in [0.1, 0.15) is 34.1 Å². The maximum absolute atomic E-state index is 11.5. The molecule has 4 N–H and O–H groups in total. The Balaban J connectivity index is 0. The first-order valence-electron chi connectivity index (χ1n) is 7.97. The summed E-state index contributed by atoms with van der Waals surface area (Å²) in [6, 6.07) is 0. The summed E-state index contributed by atoms with van der Waals surface area (Å²) in [5.41, 5.74) is -0.520. The van der Waals surface area contributed by atoms with Crippen molar-refractivity contribution in [3.63, 3.8) is 0 Å². The molecule has 0 aliphatic carbocycles. The first-order chi connectivity index (χ1) is 11.0. The van der Waals surface area contributed by atoms with Gasteiger partial charge >= 0.3 is 6.09 Å². The summed E-state index contributed by atoms with van der Waals surface area (Å²) < 4.78 is 29.4. The predicted octanol–water partition coefficient (Wildman–Crippen LogP) is 0.624. The number of amides is 1. The molecular formula is C14H32IN5O4S. The second kappa shape index (κ2) is 13.4. The lowest BCUT2D eigenvalue weighted by molar-refractivity contribution is 0.0529. The third kappa shape index (κ3) is 19.4. The normalized spacial score (nSPS) is 12.1. The highest BCUT2D eigenvalue weighted by atomic mass is 127. The summed E-state index contributed by atoms with van der Waals surface area (Å²) >= 11 is 0. The lowest BCUT2D eigenvalue weighted by atomic mass is 10.2. The van der Waals surface area contributed by atoms with Gasteiger partial charge in [0.05, 0.1) is 6.26 Å². The van der Waals surface area contributed by atoms with E-state index in [0.717, 1.165) is 6.26 Å². The van der Waals surface area contributed by atoms with E-state index in [1.54, 1.807) is 20.8 Å². The van der Waals surface area contributed by atoms with E-state index in [2.05, 4.69) is 25.7 Å². The Morgan fingerprint density at radius 3 is 2.20 bits per heavy atom. The van der Waals surface area contributed by atoms with Crippen LogP contribution in [-0.4, -0.2) is 65.1 Å². The highest BCUT2D eigenvalue weighted by Crippen LogP contribution is 2.05. The summed E-state index contributed by atoms with van der Waals surface area (Å²) in [5.74, 6) is 0.614. The number of nitrogens with one attached hydrogen (secondary N) is 4. The number of nitrogens with zero attached hydrogens (tertiary/aromatic N) is 1. The minimum atomic E-state index is -3.16. The number of hydrogen-bond donors (Lipinski definition) is 4. The van der Waals surface area contributed by atoms with Crippen LogP contribution in [0.4, 0.5) is 4.79 Å². The van der Waals surface area contributed by atoms with Crippen molar-refractivity contribution in [1.29, 1.82) is 0 Å². The Labute approximate surface area is 168 Å². The fourth-order valence-corrected chi connectivity index (χ4v) is 2.04. The molecule has 0 aromatic carbocycles. The molecule has 0 aliphatic rings. The maximum atomic E-state index is 11.5. The van der Waals surface area contributed by atoms with E-state index in [9.17, 15) is 13.2 Å². The molecule has 1 amide bonds. The van der Waals surface area contributed by atoms with Crippen molar-refractivity contribution < 1.29 is 17.9 Å². The van der Waals surface area contributed by atoms with E-state index < -0.39 is 21.7 Å². The van der Waals surface area contributed by atoms with Crippen molar-refractivity contribution in [2.24, 2.45) is 4.99 Å². The van der Waals surface area contributed by atoms with E-state index in [1.165, 1.54) is 0 Å². The Kier molecular flexibility index (Phi) is 14.1. The number of carbonyl (C=O) groups is 1. The molecule has 0 saturated heterocycles. The zero-order chi connectivity index (χ0) is 18.6. The SMILES string of the molecule is CCNC(=NCCCNS(C)(=O)=O)NCCNC(=O)OC(C)(C)C.I. The number of hydrogen-bond acceptors (Lipinski definition) is 5. The van der Waals surface area contributed by atoms with E-state index in [4.69, 9.17) is 4.74 Å². The third-order valence-corrected chi connectivity index (χ3v) is 3.13. The molecule has 0 aliphatic heterocycles.